The number of halogens is 2. The van der Waals surface area contributed by atoms with Crippen molar-refractivity contribution in [2.75, 3.05) is 16.4 Å². The van der Waals surface area contributed by atoms with Crippen molar-refractivity contribution >= 4 is 23.1 Å². The van der Waals surface area contributed by atoms with Gasteiger partial charge in [-0.1, -0.05) is 12.1 Å². The normalized spacial score (nSPS) is 10.4. The molecule has 1 heterocycles. The summed E-state index contributed by atoms with van der Waals surface area (Å²) in [6, 6.07) is 10.1. The first kappa shape index (κ1) is 17.3. The topological polar surface area (TPSA) is 92.9 Å². The van der Waals surface area contributed by atoms with Crippen molar-refractivity contribution in [1.82, 2.24) is 9.97 Å². The highest BCUT2D eigenvalue weighted by Gasteiger charge is 2.10. The molecule has 0 aliphatic rings. The number of carbonyl (C=O) groups excluding carboxylic acids is 1. The van der Waals surface area contributed by atoms with Crippen molar-refractivity contribution in [3.8, 4) is 0 Å². The summed E-state index contributed by atoms with van der Waals surface area (Å²) in [5.41, 5.74) is 7.22. The van der Waals surface area contributed by atoms with Crippen LogP contribution >= 0.6 is 0 Å². The van der Waals surface area contributed by atoms with Gasteiger partial charge < -0.3 is 16.4 Å². The third-order valence-electron chi connectivity index (χ3n) is 3.49. The maximum Gasteiger partial charge on any atom is 0.275 e. The smallest absolute Gasteiger partial charge is 0.275 e. The summed E-state index contributed by atoms with van der Waals surface area (Å²) in [5, 5.41) is 5.53. The lowest BCUT2D eigenvalue weighted by atomic mass is 10.2. The fourth-order valence-electron chi connectivity index (χ4n) is 2.24. The molecule has 0 aliphatic carbocycles. The van der Waals surface area contributed by atoms with Gasteiger partial charge >= 0.3 is 0 Å². The number of nitrogens with two attached hydrogens (primary N) is 1. The average molecular weight is 355 g/mol. The van der Waals surface area contributed by atoms with Crippen LogP contribution in [0.15, 0.2) is 54.9 Å². The van der Waals surface area contributed by atoms with Crippen LogP contribution in [0.25, 0.3) is 0 Å². The van der Waals surface area contributed by atoms with E-state index in [2.05, 4.69) is 20.6 Å². The molecule has 0 saturated heterocycles. The van der Waals surface area contributed by atoms with Crippen LogP contribution in [0.3, 0.4) is 0 Å². The Hall–Kier alpha value is -3.55. The summed E-state index contributed by atoms with van der Waals surface area (Å²) >= 11 is 0. The molecule has 26 heavy (non-hydrogen) atoms. The lowest BCUT2D eigenvalue weighted by Crippen LogP contribution is -2.15. The van der Waals surface area contributed by atoms with Crippen LogP contribution in [-0.4, -0.2) is 15.9 Å². The average Bonchev–Trinajstić information content (AvgIpc) is 2.61. The number of anilines is 3. The van der Waals surface area contributed by atoms with Gasteiger partial charge in [0.25, 0.3) is 5.91 Å². The highest BCUT2D eigenvalue weighted by atomic mass is 19.1. The van der Waals surface area contributed by atoms with E-state index in [0.29, 0.717) is 22.8 Å². The van der Waals surface area contributed by atoms with E-state index in [1.165, 1.54) is 24.5 Å². The molecule has 1 amide bonds. The highest BCUT2D eigenvalue weighted by molar-refractivity contribution is 6.04. The molecule has 0 atom stereocenters. The second kappa shape index (κ2) is 7.56. The minimum Gasteiger partial charge on any atom is -0.397 e. The molecule has 8 heteroatoms. The number of rotatable bonds is 5. The molecule has 0 bridgehead atoms. The summed E-state index contributed by atoms with van der Waals surface area (Å²) < 4.78 is 26.3. The fraction of sp³-hybridized carbons (Fsp3) is 0.0556. The Balaban J connectivity index is 1.62. The molecule has 132 valence electrons. The number of aromatic nitrogens is 2. The number of carbonyl (C=O) groups is 1. The molecule has 6 nitrogen and oxygen atoms in total. The van der Waals surface area contributed by atoms with Crippen molar-refractivity contribution in [3.05, 3.63) is 77.8 Å². The molecule has 4 N–H and O–H groups in total. The predicted molar refractivity (Wildman–Crippen MR) is 94.5 cm³/mol. The quantitative estimate of drug-likeness (QED) is 0.611. The van der Waals surface area contributed by atoms with Crippen LogP contribution in [0.2, 0.25) is 0 Å². The zero-order valence-electron chi connectivity index (χ0n) is 13.5. The molecule has 2 aromatic carbocycles. The van der Waals surface area contributed by atoms with Crippen LogP contribution in [0.4, 0.5) is 26.0 Å². The van der Waals surface area contributed by atoms with Gasteiger partial charge in [-0.2, -0.15) is 0 Å². The van der Waals surface area contributed by atoms with Crippen LogP contribution in [-0.2, 0) is 6.54 Å². The first-order valence-electron chi connectivity index (χ1n) is 7.68. The molecular formula is C18H15F2N5O. The Kier molecular flexibility index (Phi) is 5.02. The minimum atomic E-state index is -0.653. The molecule has 0 spiro atoms. The minimum absolute atomic E-state index is 0.107. The van der Waals surface area contributed by atoms with Crippen molar-refractivity contribution in [2.45, 2.75) is 6.54 Å². The maximum absolute atomic E-state index is 13.2. The SMILES string of the molecule is Nc1ccccc1NC(=O)c1cnc(NCc2cc(F)cc(F)c2)cn1. The molecule has 1 aromatic heterocycles. The van der Waals surface area contributed by atoms with E-state index in [0.717, 1.165) is 6.07 Å². The van der Waals surface area contributed by atoms with E-state index < -0.39 is 17.5 Å². The molecule has 0 radical (unpaired) electrons. The van der Waals surface area contributed by atoms with Crippen LogP contribution < -0.4 is 16.4 Å². The molecule has 0 saturated carbocycles. The van der Waals surface area contributed by atoms with E-state index in [1.807, 2.05) is 0 Å². The Bertz CT molecular complexity index is 911. The van der Waals surface area contributed by atoms with E-state index in [1.54, 1.807) is 24.3 Å². The van der Waals surface area contributed by atoms with Gasteiger partial charge in [0.2, 0.25) is 0 Å². The molecular weight excluding hydrogens is 340 g/mol. The van der Waals surface area contributed by atoms with Crippen LogP contribution in [0, 0.1) is 11.6 Å². The molecule has 0 aliphatic heterocycles. The van der Waals surface area contributed by atoms with Crippen LogP contribution in [0.5, 0.6) is 0 Å². The van der Waals surface area contributed by atoms with E-state index in [9.17, 15) is 13.6 Å². The van der Waals surface area contributed by atoms with Crippen LogP contribution in [0.1, 0.15) is 16.1 Å². The number of amides is 1. The predicted octanol–water partition coefficient (Wildman–Crippen LogP) is 3.20. The van der Waals surface area contributed by atoms with E-state index in [4.69, 9.17) is 5.73 Å². The van der Waals surface area contributed by atoms with Crippen molar-refractivity contribution in [1.29, 1.82) is 0 Å². The summed E-state index contributed by atoms with van der Waals surface area (Å²) in [6.07, 6.45) is 2.65. The van der Waals surface area contributed by atoms with Gasteiger partial charge in [0.05, 0.1) is 23.8 Å². The number of hydrogen-bond acceptors (Lipinski definition) is 5. The maximum atomic E-state index is 13.2. The van der Waals surface area contributed by atoms with Crippen molar-refractivity contribution in [2.24, 2.45) is 0 Å². The number of nitrogen functional groups attached to an aromatic ring is 1. The monoisotopic (exact) mass is 355 g/mol. The molecule has 3 rings (SSSR count). The summed E-state index contributed by atoms with van der Waals surface area (Å²) in [6.45, 7) is 0.162. The van der Waals surface area contributed by atoms with Gasteiger partial charge in [0.1, 0.15) is 23.1 Å². The number of hydrogen-bond donors (Lipinski definition) is 3. The van der Waals surface area contributed by atoms with Gasteiger partial charge in [0.15, 0.2) is 0 Å². The Morgan fingerprint density at radius 2 is 1.77 bits per heavy atom. The highest BCUT2D eigenvalue weighted by Crippen LogP contribution is 2.17. The number of nitrogens with zero attached hydrogens (tertiary/aromatic N) is 2. The number of para-hydroxylation sites is 2. The number of nitrogens with one attached hydrogen (secondary N) is 2. The van der Waals surface area contributed by atoms with Crippen molar-refractivity contribution < 1.29 is 13.6 Å². The van der Waals surface area contributed by atoms with E-state index >= 15 is 0 Å². The fourth-order valence-corrected chi connectivity index (χ4v) is 2.24. The summed E-state index contributed by atoms with van der Waals surface area (Å²) in [5.74, 6) is -1.39. The van der Waals surface area contributed by atoms with Gasteiger partial charge in [-0.05, 0) is 29.8 Å². The Labute approximate surface area is 148 Å². The second-order valence-corrected chi connectivity index (χ2v) is 5.46. The number of benzene rings is 2. The third kappa shape index (κ3) is 4.29. The summed E-state index contributed by atoms with van der Waals surface area (Å²) in [7, 11) is 0. The van der Waals surface area contributed by atoms with Crippen molar-refractivity contribution in [3.63, 3.8) is 0 Å². The lowest BCUT2D eigenvalue weighted by Gasteiger charge is -2.08. The van der Waals surface area contributed by atoms with Gasteiger partial charge in [-0.25, -0.2) is 18.7 Å². The standard InChI is InChI=1S/C18H15F2N5O/c19-12-5-11(6-13(20)7-12)8-23-17-10-22-16(9-24-17)18(26)25-15-4-2-1-3-14(15)21/h1-7,9-10H,8,21H2,(H,23,24)(H,25,26). The first-order valence-corrected chi connectivity index (χ1v) is 7.68. The van der Waals surface area contributed by atoms with E-state index in [-0.39, 0.29) is 12.2 Å². The van der Waals surface area contributed by atoms with Gasteiger partial charge in [-0.3, -0.25) is 4.79 Å². The first-order chi connectivity index (χ1) is 12.5. The largest absolute Gasteiger partial charge is 0.397 e. The Morgan fingerprint density at radius 3 is 2.42 bits per heavy atom. The zero-order chi connectivity index (χ0) is 18.5. The second-order valence-electron chi connectivity index (χ2n) is 5.46. The molecule has 0 fully saturated rings. The molecule has 0 unspecified atom stereocenters. The lowest BCUT2D eigenvalue weighted by molar-refractivity contribution is 0.102. The zero-order valence-corrected chi connectivity index (χ0v) is 13.5. The van der Waals surface area contributed by atoms with Gasteiger partial charge in [0, 0.05) is 12.6 Å². The third-order valence-corrected chi connectivity index (χ3v) is 3.49. The summed E-state index contributed by atoms with van der Waals surface area (Å²) in [4.78, 5) is 20.3. The van der Waals surface area contributed by atoms with Gasteiger partial charge in [-0.15, -0.1) is 0 Å². The Morgan fingerprint density at radius 1 is 1.04 bits per heavy atom. The molecule has 3 aromatic rings.